The van der Waals surface area contributed by atoms with Crippen LogP contribution < -0.4 is 4.90 Å². The summed E-state index contributed by atoms with van der Waals surface area (Å²) in [4.78, 5) is 1.89. The Morgan fingerprint density at radius 1 is 1.22 bits per heavy atom. The van der Waals surface area contributed by atoms with Crippen molar-refractivity contribution < 1.29 is 4.39 Å². The molecule has 0 aliphatic carbocycles. The Labute approximate surface area is 119 Å². The van der Waals surface area contributed by atoms with E-state index >= 15 is 0 Å². The average molecular weight is 329 g/mol. The van der Waals surface area contributed by atoms with Gasteiger partial charge in [0.2, 0.25) is 0 Å². The third-order valence-electron chi connectivity index (χ3n) is 2.75. The van der Waals surface area contributed by atoms with Gasteiger partial charge in [0.1, 0.15) is 5.82 Å². The molecule has 0 N–H and O–H groups in total. The van der Waals surface area contributed by atoms with Gasteiger partial charge in [0, 0.05) is 18.1 Å². The van der Waals surface area contributed by atoms with Crippen molar-refractivity contribution in [3.8, 4) is 0 Å². The van der Waals surface area contributed by atoms with Gasteiger partial charge in [0.05, 0.1) is 10.7 Å². The third-order valence-corrected chi connectivity index (χ3v) is 3.65. The highest BCUT2D eigenvalue weighted by Gasteiger charge is 2.12. The normalized spacial score (nSPS) is 10.4. The van der Waals surface area contributed by atoms with Crippen molar-refractivity contribution in [3.63, 3.8) is 0 Å². The summed E-state index contributed by atoms with van der Waals surface area (Å²) in [6.07, 6.45) is 0. The van der Waals surface area contributed by atoms with Crippen molar-refractivity contribution in [2.24, 2.45) is 0 Å². The summed E-state index contributed by atoms with van der Waals surface area (Å²) in [6, 6.07) is 12.2. The van der Waals surface area contributed by atoms with Crippen LogP contribution in [0.5, 0.6) is 0 Å². The average Bonchev–Trinajstić information content (AvgIpc) is 2.37. The van der Waals surface area contributed by atoms with E-state index in [0.717, 1.165) is 16.9 Å². The zero-order chi connectivity index (χ0) is 13.1. The molecule has 1 nitrogen and oxygen atoms in total. The molecule has 0 aliphatic heterocycles. The van der Waals surface area contributed by atoms with Gasteiger partial charge in [-0.3, -0.25) is 0 Å². The molecule has 0 aliphatic rings. The lowest BCUT2D eigenvalue weighted by Crippen LogP contribution is -2.12. The van der Waals surface area contributed by atoms with Gasteiger partial charge in [-0.25, -0.2) is 4.39 Å². The van der Waals surface area contributed by atoms with Crippen molar-refractivity contribution in [1.29, 1.82) is 0 Å². The quantitative estimate of drug-likeness (QED) is 0.705. The molecule has 2 rings (SSSR count). The Balaban J connectivity index is 2.48. The molecule has 0 spiro atoms. The van der Waals surface area contributed by atoms with Gasteiger partial charge >= 0.3 is 0 Å². The second kappa shape index (κ2) is 5.72. The number of hydrogen-bond acceptors (Lipinski definition) is 1. The Hall–Kier alpha value is -1.06. The molecule has 2 aromatic rings. The summed E-state index contributed by atoms with van der Waals surface area (Å²) >= 11 is 9.67. The van der Waals surface area contributed by atoms with Crippen LogP contribution >= 0.6 is 27.5 Å². The minimum atomic E-state index is -0.258. The van der Waals surface area contributed by atoms with E-state index in [1.165, 1.54) is 12.1 Å². The van der Waals surface area contributed by atoms with Crippen LogP contribution in [-0.2, 0) is 5.33 Å². The fourth-order valence-corrected chi connectivity index (χ4v) is 2.63. The molecular weight excluding hydrogens is 317 g/mol. The highest BCUT2D eigenvalue weighted by atomic mass is 79.9. The predicted octanol–water partition coefficient (Wildman–Crippen LogP) is 5.14. The molecule has 4 heteroatoms. The highest BCUT2D eigenvalue weighted by Crippen LogP contribution is 2.35. The van der Waals surface area contributed by atoms with Gasteiger partial charge < -0.3 is 4.90 Å². The number of para-hydroxylation sites is 1. The molecule has 0 amide bonds. The van der Waals surface area contributed by atoms with Crippen LogP contribution in [0.2, 0.25) is 5.02 Å². The lowest BCUT2D eigenvalue weighted by Gasteiger charge is -2.23. The maximum Gasteiger partial charge on any atom is 0.125 e. The first-order chi connectivity index (χ1) is 8.63. The molecule has 0 heterocycles. The minimum Gasteiger partial charge on any atom is -0.343 e. The van der Waals surface area contributed by atoms with Gasteiger partial charge in [-0.15, -0.1) is 0 Å². The van der Waals surface area contributed by atoms with Crippen molar-refractivity contribution in [3.05, 3.63) is 58.9 Å². The number of rotatable bonds is 3. The summed E-state index contributed by atoms with van der Waals surface area (Å²) in [6.45, 7) is 0. The van der Waals surface area contributed by atoms with E-state index in [2.05, 4.69) is 15.9 Å². The molecule has 0 atom stereocenters. The smallest absolute Gasteiger partial charge is 0.125 e. The summed E-state index contributed by atoms with van der Waals surface area (Å²) < 4.78 is 13.3. The van der Waals surface area contributed by atoms with Crippen LogP contribution in [0.15, 0.2) is 42.5 Å². The van der Waals surface area contributed by atoms with E-state index in [1.807, 2.05) is 36.2 Å². The second-order valence-electron chi connectivity index (χ2n) is 3.92. The molecule has 0 saturated carbocycles. The van der Waals surface area contributed by atoms with Gasteiger partial charge in [-0.2, -0.15) is 0 Å². The van der Waals surface area contributed by atoms with Crippen LogP contribution in [0.25, 0.3) is 0 Å². The van der Waals surface area contributed by atoms with Crippen LogP contribution in [0, 0.1) is 5.82 Å². The number of benzene rings is 2. The number of nitrogens with zero attached hydrogens (tertiary/aromatic N) is 1. The van der Waals surface area contributed by atoms with Crippen LogP contribution in [0.3, 0.4) is 0 Å². The SMILES string of the molecule is CN(c1cccc(F)c1)c1c(Cl)cccc1CBr. The first kappa shape index (κ1) is 13.4. The Morgan fingerprint density at radius 2 is 1.94 bits per heavy atom. The van der Waals surface area contributed by atoms with Crippen LogP contribution in [-0.4, -0.2) is 7.05 Å². The minimum absolute atomic E-state index is 0.258. The van der Waals surface area contributed by atoms with Gasteiger partial charge in [0.15, 0.2) is 0 Å². The molecule has 0 aromatic heterocycles. The molecule has 0 unspecified atom stereocenters. The van der Waals surface area contributed by atoms with Gasteiger partial charge in [0.25, 0.3) is 0 Å². The van der Waals surface area contributed by atoms with E-state index in [0.29, 0.717) is 10.4 Å². The largest absolute Gasteiger partial charge is 0.343 e. The van der Waals surface area contributed by atoms with Crippen molar-refractivity contribution in [2.75, 3.05) is 11.9 Å². The first-order valence-electron chi connectivity index (χ1n) is 5.46. The summed E-state index contributed by atoms with van der Waals surface area (Å²) in [5, 5.41) is 1.35. The molecule has 0 fully saturated rings. The molecule has 0 radical (unpaired) electrons. The predicted molar refractivity (Wildman–Crippen MR) is 78.5 cm³/mol. The molecular formula is C14H12BrClFN. The fourth-order valence-electron chi connectivity index (χ4n) is 1.86. The molecule has 18 heavy (non-hydrogen) atoms. The summed E-state index contributed by atoms with van der Waals surface area (Å²) in [7, 11) is 1.88. The lowest BCUT2D eigenvalue weighted by molar-refractivity contribution is 0.628. The van der Waals surface area contributed by atoms with Gasteiger partial charge in [-0.1, -0.05) is 45.7 Å². The Kier molecular flexibility index (Phi) is 4.25. The Morgan fingerprint density at radius 3 is 2.61 bits per heavy atom. The maximum absolute atomic E-state index is 13.3. The van der Waals surface area contributed by atoms with E-state index in [-0.39, 0.29) is 5.82 Å². The lowest BCUT2D eigenvalue weighted by atomic mass is 10.1. The van der Waals surface area contributed by atoms with Crippen molar-refractivity contribution in [2.45, 2.75) is 5.33 Å². The number of hydrogen-bond donors (Lipinski definition) is 0. The standard InChI is InChI=1S/C14H12BrClFN/c1-18(12-6-3-5-11(17)8-12)14-10(9-15)4-2-7-13(14)16/h2-8H,9H2,1H3. The van der Waals surface area contributed by atoms with Crippen LogP contribution in [0.4, 0.5) is 15.8 Å². The topological polar surface area (TPSA) is 3.24 Å². The van der Waals surface area contributed by atoms with E-state index < -0.39 is 0 Å². The maximum atomic E-state index is 13.3. The van der Waals surface area contributed by atoms with Crippen molar-refractivity contribution >= 4 is 38.9 Å². The van der Waals surface area contributed by atoms with E-state index in [9.17, 15) is 4.39 Å². The number of anilines is 2. The zero-order valence-corrected chi connectivity index (χ0v) is 12.2. The Bertz CT molecular complexity index is 559. The summed E-state index contributed by atoms with van der Waals surface area (Å²) in [5.41, 5.74) is 2.72. The molecule has 0 saturated heterocycles. The van der Waals surface area contributed by atoms with Crippen molar-refractivity contribution in [1.82, 2.24) is 0 Å². The second-order valence-corrected chi connectivity index (χ2v) is 4.89. The molecule has 0 bridgehead atoms. The fraction of sp³-hybridized carbons (Fsp3) is 0.143. The number of halogens is 3. The zero-order valence-electron chi connectivity index (χ0n) is 9.83. The number of alkyl halides is 1. The monoisotopic (exact) mass is 327 g/mol. The molecule has 94 valence electrons. The van der Waals surface area contributed by atoms with Crippen LogP contribution in [0.1, 0.15) is 5.56 Å². The molecule has 2 aromatic carbocycles. The summed E-state index contributed by atoms with van der Waals surface area (Å²) in [5.74, 6) is -0.258. The van der Waals surface area contributed by atoms with Gasteiger partial charge in [-0.05, 0) is 29.8 Å². The van der Waals surface area contributed by atoms with E-state index in [4.69, 9.17) is 11.6 Å². The third kappa shape index (κ3) is 2.68. The first-order valence-corrected chi connectivity index (χ1v) is 6.96. The van der Waals surface area contributed by atoms with E-state index in [1.54, 1.807) is 6.07 Å². The highest BCUT2D eigenvalue weighted by molar-refractivity contribution is 9.08.